The highest BCUT2D eigenvalue weighted by Crippen LogP contribution is 2.20. The molecular weight excluding hydrogens is 228 g/mol. The lowest BCUT2D eigenvalue weighted by Crippen LogP contribution is -2.02. The maximum atomic E-state index is 11.0. The van der Waals surface area contributed by atoms with Gasteiger partial charge < -0.3 is 9.47 Å². The molecule has 0 amide bonds. The number of esters is 1. The molecule has 1 rings (SSSR count). The Hall–Kier alpha value is -1.51. The number of para-hydroxylation sites is 1. The summed E-state index contributed by atoms with van der Waals surface area (Å²) in [5.74, 6) is 0.787. The maximum absolute atomic E-state index is 11.0. The zero-order chi connectivity index (χ0) is 13.2. The van der Waals surface area contributed by atoms with Crippen LogP contribution >= 0.6 is 0 Å². The van der Waals surface area contributed by atoms with Crippen LogP contribution in [0.25, 0.3) is 0 Å². The van der Waals surface area contributed by atoms with Gasteiger partial charge in [-0.15, -0.1) is 0 Å². The predicted molar refractivity (Wildman–Crippen MR) is 71.8 cm³/mol. The number of ether oxygens (including phenoxy) is 2. The Balaban J connectivity index is 2.45. The number of hydrogen-bond acceptors (Lipinski definition) is 3. The topological polar surface area (TPSA) is 35.5 Å². The van der Waals surface area contributed by atoms with Crippen LogP contribution in [-0.2, 0) is 16.0 Å². The summed E-state index contributed by atoms with van der Waals surface area (Å²) in [6.07, 6.45) is 4.29. The van der Waals surface area contributed by atoms with Crippen LogP contribution in [0.1, 0.15) is 38.2 Å². The number of aryl methyl sites for hydroxylation is 1. The van der Waals surface area contributed by atoms with Crippen molar-refractivity contribution in [2.24, 2.45) is 0 Å². The Labute approximate surface area is 109 Å². The molecule has 0 atom stereocenters. The van der Waals surface area contributed by atoms with Crippen LogP contribution in [0.3, 0.4) is 0 Å². The lowest BCUT2D eigenvalue weighted by atomic mass is 10.1. The molecule has 3 nitrogen and oxygen atoms in total. The number of benzene rings is 1. The van der Waals surface area contributed by atoms with Crippen LogP contribution in [0.4, 0.5) is 0 Å². The SMILES string of the molecule is CCCCOc1ccccc1CCCC(=O)OC. The predicted octanol–water partition coefficient (Wildman–Crippen LogP) is 3.36. The zero-order valence-corrected chi connectivity index (χ0v) is 11.3. The van der Waals surface area contributed by atoms with E-state index in [4.69, 9.17) is 4.74 Å². The molecule has 100 valence electrons. The Morgan fingerprint density at radius 2 is 2.00 bits per heavy atom. The van der Waals surface area contributed by atoms with Crippen molar-refractivity contribution in [3.63, 3.8) is 0 Å². The number of carbonyl (C=O) groups is 1. The number of carbonyl (C=O) groups excluding carboxylic acids is 1. The molecule has 1 aromatic rings. The first-order valence-electron chi connectivity index (χ1n) is 6.55. The molecule has 0 aromatic heterocycles. The van der Waals surface area contributed by atoms with Gasteiger partial charge in [0, 0.05) is 6.42 Å². The zero-order valence-electron chi connectivity index (χ0n) is 11.3. The maximum Gasteiger partial charge on any atom is 0.305 e. The summed E-state index contributed by atoms with van der Waals surface area (Å²) in [6.45, 7) is 2.90. The third-order valence-corrected chi connectivity index (χ3v) is 2.78. The van der Waals surface area contributed by atoms with E-state index in [9.17, 15) is 4.79 Å². The van der Waals surface area contributed by atoms with Crippen LogP contribution in [0.5, 0.6) is 5.75 Å². The lowest BCUT2D eigenvalue weighted by Gasteiger charge is -2.10. The Morgan fingerprint density at radius 1 is 1.22 bits per heavy atom. The smallest absolute Gasteiger partial charge is 0.305 e. The number of methoxy groups -OCH3 is 1. The molecule has 18 heavy (non-hydrogen) atoms. The van der Waals surface area contributed by atoms with E-state index < -0.39 is 0 Å². The second-order valence-electron chi connectivity index (χ2n) is 4.24. The van der Waals surface area contributed by atoms with Crippen LogP contribution in [0.15, 0.2) is 24.3 Å². The fraction of sp³-hybridized carbons (Fsp3) is 0.533. The van der Waals surface area contributed by atoms with Gasteiger partial charge in [0.05, 0.1) is 13.7 Å². The molecular formula is C15H22O3. The molecule has 0 bridgehead atoms. The summed E-state index contributed by atoms with van der Waals surface area (Å²) in [4.78, 5) is 11.0. The molecule has 0 spiro atoms. The molecule has 0 unspecified atom stereocenters. The fourth-order valence-electron chi connectivity index (χ4n) is 1.70. The molecule has 0 aliphatic rings. The molecule has 1 aromatic carbocycles. The van der Waals surface area contributed by atoms with Crippen LogP contribution < -0.4 is 4.74 Å². The van der Waals surface area contributed by atoms with E-state index in [1.165, 1.54) is 7.11 Å². The number of hydrogen-bond donors (Lipinski definition) is 0. The molecule has 0 radical (unpaired) electrons. The van der Waals surface area contributed by atoms with Crippen molar-refractivity contribution < 1.29 is 14.3 Å². The van der Waals surface area contributed by atoms with Crippen molar-refractivity contribution >= 4 is 5.97 Å². The summed E-state index contributed by atoms with van der Waals surface area (Å²) in [5.41, 5.74) is 1.16. The molecule has 0 N–H and O–H groups in total. The van der Waals surface area contributed by atoms with Crippen molar-refractivity contribution in [1.29, 1.82) is 0 Å². The van der Waals surface area contributed by atoms with Gasteiger partial charge in [0.1, 0.15) is 5.75 Å². The van der Waals surface area contributed by atoms with Gasteiger partial charge in [-0.05, 0) is 30.9 Å². The van der Waals surface area contributed by atoms with Gasteiger partial charge in [0.15, 0.2) is 0 Å². The third-order valence-electron chi connectivity index (χ3n) is 2.78. The van der Waals surface area contributed by atoms with Gasteiger partial charge in [0.25, 0.3) is 0 Å². The highest BCUT2D eigenvalue weighted by molar-refractivity contribution is 5.69. The molecule has 0 aliphatic carbocycles. The van der Waals surface area contributed by atoms with Gasteiger partial charge in [-0.25, -0.2) is 0 Å². The molecule has 0 aliphatic heterocycles. The summed E-state index contributed by atoms with van der Waals surface area (Å²) in [5, 5.41) is 0. The molecule has 0 heterocycles. The lowest BCUT2D eigenvalue weighted by molar-refractivity contribution is -0.140. The average Bonchev–Trinajstić information content (AvgIpc) is 2.40. The van der Waals surface area contributed by atoms with Crippen molar-refractivity contribution in [3.05, 3.63) is 29.8 Å². The molecule has 3 heteroatoms. The second-order valence-corrected chi connectivity index (χ2v) is 4.24. The van der Waals surface area contributed by atoms with Crippen molar-refractivity contribution in [1.82, 2.24) is 0 Å². The van der Waals surface area contributed by atoms with E-state index in [0.29, 0.717) is 6.42 Å². The minimum atomic E-state index is -0.153. The van der Waals surface area contributed by atoms with Crippen LogP contribution in [-0.4, -0.2) is 19.7 Å². The Morgan fingerprint density at radius 3 is 2.72 bits per heavy atom. The summed E-state index contributed by atoms with van der Waals surface area (Å²) < 4.78 is 10.4. The highest BCUT2D eigenvalue weighted by Gasteiger charge is 2.05. The fourth-order valence-corrected chi connectivity index (χ4v) is 1.70. The van der Waals surface area contributed by atoms with E-state index >= 15 is 0 Å². The van der Waals surface area contributed by atoms with E-state index in [0.717, 1.165) is 43.6 Å². The van der Waals surface area contributed by atoms with Gasteiger partial charge in [-0.1, -0.05) is 31.5 Å². The van der Waals surface area contributed by atoms with Gasteiger partial charge in [-0.2, -0.15) is 0 Å². The van der Waals surface area contributed by atoms with Gasteiger partial charge in [-0.3, -0.25) is 4.79 Å². The van der Waals surface area contributed by atoms with E-state index in [2.05, 4.69) is 17.7 Å². The first kappa shape index (κ1) is 14.6. The van der Waals surface area contributed by atoms with E-state index in [1.807, 2.05) is 18.2 Å². The Kier molecular flexibility index (Phi) is 6.92. The number of rotatable bonds is 8. The first-order valence-corrected chi connectivity index (χ1v) is 6.55. The normalized spacial score (nSPS) is 10.1. The largest absolute Gasteiger partial charge is 0.493 e. The monoisotopic (exact) mass is 250 g/mol. The van der Waals surface area contributed by atoms with Crippen molar-refractivity contribution in [2.75, 3.05) is 13.7 Å². The quantitative estimate of drug-likeness (QED) is 0.524. The van der Waals surface area contributed by atoms with Gasteiger partial charge >= 0.3 is 5.97 Å². The minimum Gasteiger partial charge on any atom is -0.493 e. The van der Waals surface area contributed by atoms with E-state index in [-0.39, 0.29) is 5.97 Å². The molecule has 0 fully saturated rings. The summed E-state index contributed by atoms with van der Waals surface area (Å²) >= 11 is 0. The number of unbranched alkanes of at least 4 members (excludes halogenated alkanes) is 1. The minimum absolute atomic E-state index is 0.153. The summed E-state index contributed by atoms with van der Waals surface area (Å²) in [7, 11) is 1.42. The van der Waals surface area contributed by atoms with Crippen LogP contribution in [0.2, 0.25) is 0 Å². The van der Waals surface area contributed by atoms with Crippen molar-refractivity contribution in [3.8, 4) is 5.75 Å². The molecule has 0 saturated carbocycles. The summed E-state index contributed by atoms with van der Waals surface area (Å²) in [6, 6.07) is 8.02. The third kappa shape index (κ3) is 5.21. The van der Waals surface area contributed by atoms with Crippen molar-refractivity contribution in [2.45, 2.75) is 39.0 Å². The molecule has 0 saturated heterocycles. The second kappa shape index (κ2) is 8.56. The average molecular weight is 250 g/mol. The van der Waals surface area contributed by atoms with Gasteiger partial charge in [0.2, 0.25) is 0 Å². The standard InChI is InChI=1S/C15H22O3/c1-3-4-12-18-14-10-6-5-8-13(14)9-7-11-15(16)17-2/h5-6,8,10H,3-4,7,9,11-12H2,1-2H3. The van der Waals surface area contributed by atoms with E-state index in [1.54, 1.807) is 0 Å². The first-order chi connectivity index (χ1) is 8.77. The Bertz CT molecular complexity index is 361. The van der Waals surface area contributed by atoms with Crippen LogP contribution in [0, 0.1) is 0 Å². The highest BCUT2D eigenvalue weighted by atomic mass is 16.5.